The van der Waals surface area contributed by atoms with Crippen LogP contribution in [0.2, 0.25) is 0 Å². The van der Waals surface area contributed by atoms with E-state index in [1.54, 1.807) is 0 Å². The maximum absolute atomic E-state index is 4.11. The number of hydrogen-bond acceptors (Lipinski definition) is 2. The molecule has 2 heterocycles. The van der Waals surface area contributed by atoms with E-state index in [9.17, 15) is 0 Å². The second-order valence-electron chi connectivity index (χ2n) is 5.42. The third kappa shape index (κ3) is 3.08. The lowest BCUT2D eigenvalue weighted by Gasteiger charge is -2.35. The van der Waals surface area contributed by atoms with Gasteiger partial charge in [0.1, 0.15) is 0 Å². The lowest BCUT2D eigenvalue weighted by atomic mass is 9.88. The van der Waals surface area contributed by atoms with Gasteiger partial charge in [0, 0.05) is 12.6 Å². The van der Waals surface area contributed by atoms with Gasteiger partial charge in [-0.25, -0.2) is 0 Å². The summed E-state index contributed by atoms with van der Waals surface area (Å²) in [5.74, 6) is 0.939. The number of nitrogens with one attached hydrogen (secondary N) is 1. The molecule has 2 aliphatic rings. The van der Waals surface area contributed by atoms with Crippen LogP contribution in [0, 0.1) is 5.92 Å². The van der Waals surface area contributed by atoms with Crippen molar-refractivity contribution in [2.75, 3.05) is 26.2 Å². The molecule has 0 aromatic heterocycles. The first-order chi connectivity index (χ1) is 7.79. The van der Waals surface area contributed by atoms with Crippen LogP contribution in [-0.4, -0.2) is 37.1 Å². The van der Waals surface area contributed by atoms with Gasteiger partial charge in [-0.2, -0.15) is 0 Å². The Hall–Kier alpha value is -0.340. The quantitative estimate of drug-likeness (QED) is 0.735. The monoisotopic (exact) mass is 222 g/mol. The standard InChI is InChI=1S/C14H26N2/c1-3-12(2)11-16-9-6-13(7-10-16)14-5-4-8-15-14/h13-15H,2-11H2,1H3. The number of hydrogen-bond donors (Lipinski definition) is 1. The van der Waals surface area contributed by atoms with Crippen molar-refractivity contribution in [3.05, 3.63) is 12.2 Å². The summed E-state index contributed by atoms with van der Waals surface area (Å²) in [7, 11) is 0. The molecule has 0 aromatic rings. The van der Waals surface area contributed by atoms with Crippen LogP contribution < -0.4 is 5.32 Å². The van der Waals surface area contributed by atoms with E-state index in [0.29, 0.717) is 0 Å². The molecule has 0 amide bonds. The molecule has 0 bridgehead atoms. The molecule has 16 heavy (non-hydrogen) atoms. The van der Waals surface area contributed by atoms with Crippen molar-refractivity contribution >= 4 is 0 Å². The van der Waals surface area contributed by atoms with E-state index in [0.717, 1.165) is 24.9 Å². The van der Waals surface area contributed by atoms with Crippen LogP contribution >= 0.6 is 0 Å². The van der Waals surface area contributed by atoms with Gasteiger partial charge in [-0.3, -0.25) is 4.90 Å². The van der Waals surface area contributed by atoms with Crippen LogP contribution in [0.25, 0.3) is 0 Å². The first kappa shape index (κ1) is 12.1. The molecular formula is C14H26N2. The topological polar surface area (TPSA) is 15.3 Å². The Bertz CT molecular complexity index is 223. The van der Waals surface area contributed by atoms with Gasteiger partial charge in [0.05, 0.1) is 0 Å². The first-order valence-corrected chi connectivity index (χ1v) is 6.92. The summed E-state index contributed by atoms with van der Waals surface area (Å²) in [6.45, 7) is 11.2. The first-order valence-electron chi connectivity index (χ1n) is 6.92. The summed E-state index contributed by atoms with van der Waals surface area (Å²) < 4.78 is 0. The zero-order valence-electron chi connectivity index (χ0n) is 10.7. The van der Waals surface area contributed by atoms with E-state index in [1.165, 1.54) is 50.9 Å². The maximum Gasteiger partial charge on any atom is 0.0190 e. The van der Waals surface area contributed by atoms with Crippen LogP contribution in [0.5, 0.6) is 0 Å². The van der Waals surface area contributed by atoms with Crippen molar-refractivity contribution < 1.29 is 0 Å². The molecule has 2 rings (SSSR count). The van der Waals surface area contributed by atoms with E-state index in [1.807, 2.05) is 0 Å². The van der Waals surface area contributed by atoms with Gasteiger partial charge in [-0.05, 0) is 57.7 Å². The normalized spacial score (nSPS) is 28.4. The highest BCUT2D eigenvalue weighted by Crippen LogP contribution is 2.25. The summed E-state index contributed by atoms with van der Waals surface area (Å²) in [5.41, 5.74) is 1.39. The highest BCUT2D eigenvalue weighted by Gasteiger charge is 2.28. The van der Waals surface area contributed by atoms with Crippen LogP contribution in [-0.2, 0) is 0 Å². The van der Waals surface area contributed by atoms with Crippen molar-refractivity contribution in [3.63, 3.8) is 0 Å². The molecule has 0 spiro atoms. The van der Waals surface area contributed by atoms with Gasteiger partial charge in [0.15, 0.2) is 0 Å². The maximum atomic E-state index is 4.11. The minimum absolute atomic E-state index is 0.830. The fraction of sp³-hybridized carbons (Fsp3) is 0.857. The lowest BCUT2D eigenvalue weighted by Crippen LogP contribution is -2.41. The van der Waals surface area contributed by atoms with Crippen molar-refractivity contribution in [1.29, 1.82) is 0 Å². The predicted molar refractivity (Wildman–Crippen MR) is 69.6 cm³/mol. The average Bonchev–Trinajstić information content (AvgIpc) is 2.83. The van der Waals surface area contributed by atoms with Crippen LogP contribution in [0.15, 0.2) is 12.2 Å². The molecule has 2 heteroatoms. The van der Waals surface area contributed by atoms with Crippen molar-refractivity contribution in [1.82, 2.24) is 10.2 Å². The number of piperidine rings is 1. The third-order valence-corrected chi connectivity index (χ3v) is 4.25. The summed E-state index contributed by atoms with van der Waals surface area (Å²) in [6, 6.07) is 0.830. The minimum Gasteiger partial charge on any atom is -0.314 e. The fourth-order valence-electron chi connectivity index (χ4n) is 3.06. The van der Waals surface area contributed by atoms with E-state index >= 15 is 0 Å². The van der Waals surface area contributed by atoms with Gasteiger partial charge in [0.25, 0.3) is 0 Å². The molecule has 2 nitrogen and oxygen atoms in total. The smallest absolute Gasteiger partial charge is 0.0190 e. The summed E-state index contributed by atoms with van der Waals surface area (Å²) in [6.07, 6.45) is 6.69. The molecule has 0 radical (unpaired) electrons. The molecule has 2 saturated heterocycles. The molecule has 0 saturated carbocycles. The van der Waals surface area contributed by atoms with E-state index in [-0.39, 0.29) is 0 Å². The highest BCUT2D eigenvalue weighted by atomic mass is 15.1. The summed E-state index contributed by atoms with van der Waals surface area (Å²) >= 11 is 0. The predicted octanol–water partition coefficient (Wildman–Crippen LogP) is 2.42. The molecule has 92 valence electrons. The molecule has 2 fully saturated rings. The molecule has 0 aromatic carbocycles. The van der Waals surface area contributed by atoms with E-state index in [4.69, 9.17) is 0 Å². The molecule has 2 aliphatic heterocycles. The summed E-state index contributed by atoms with van der Waals surface area (Å²) in [5, 5.41) is 3.66. The lowest BCUT2D eigenvalue weighted by molar-refractivity contribution is 0.173. The van der Waals surface area contributed by atoms with Crippen molar-refractivity contribution in [2.45, 2.75) is 45.1 Å². The fourth-order valence-corrected chi connectivity index (χ4v) is 3.06. The van der Waals surface area contributed by atoms with Crippen LogP contribution in [0.4, 0.5) is 0 Å². The van der Waals surface area contributed by atoms with E-state index in [2.05, 4.69) is 23.7 Å². The van der Waals surface area contributed by atoms with Crippen LogP contribution in [0.3, 0.4) is 0 Å². The second-order valence-corrected chi connectivity index (χ2v) is 5.42. The number of likely N-dealkylation sites (tertiary alicyclic amines) is 1. The minimum atomic E-state index is 0.830. The Labute approximate surface area is 100 Å². The third-order valence-electron chi connectivity index (χ3n) is 4.25. The number of nitrogens with zero attached hydrogens (tertiary/aromatic N) is 1. The molecule has 1 unspecified atom stereocenters. The zero-order valence-corrected chi connectivity index (χ0v) is 10.7. The van der Waals surface area contributed by atoms with Gasteiger partial charge >= 0.3 is 0 Å². The van der Waals surface area contributed by atoms with Crippen LogP contribution in [0.1, 0.15) is 39.0 Å². The second kappa shape index (κ2) is 5.83. The van der Waals surface area contributed by atoms with Gasteiger partial charge in [0.2, 0.25) is 0 Å². The SMILES string of the molecule is C=C(CC)CN1CCC(C2CCCN2)CC1. The number of rotatable bonds is 4. The zero-order chi connectivity index (χ0) is 11.4. The average molecular weight is 222 g/mol. The summed E-state index contributed by atoms with van der Waals surface area (Å²) in [4.78, 5) is 2.58. The van der Waals surface area contributed by atoms with Gasteiger partial charge in [-0.15, -0.1) is 0 Å². The van der Waals surface area contributed by atoms with Gasteiger partial charge < -0.3 is 5.32 Å². The molecule has 1 N–H and O–H groups in total. The van der Waals surface area contributed by atoms with Crippen molar-refractivity contribution in [2.24, 2.45) is 5.92 Å². The molecule has 0 aliphatic carbocycles. The Balaban J connectivity index is 1.71. The Morgan fingerprint density at radius 3 is 2.62 bits per heavy atom. The Morgan fingerprint density at radius 2 is 2.06 bits per heavy atom. The molecular weight excluding hydrogens is 196 g/mol. The van der Waals surface area contributed by atoms with Crippen molar-refractivity contribution in [3.8, 4) is 0 Å². The molecule has 1 atom stereocenters. The van der Waals surface area contributed by atoms with Gasteiger partial charge in [-0.1, -0.05) is 19.1 Å². The highest BCUT2D eigenvalue weighted by molar-refractivity contribution is 4.97. The largest absolute Gasteiger partial charge is 0.314 e. The Morgan fingerprint density at radius 1 is 1.31 bits per heavy atom. The Kier molecular flexibility index (Phi) is 4.42. The van der Waals surface area contributed by atoms with E-state index < -0.39 is 0 Å².